The second-order valence-electron chi connectivity index (χ2n) is 5.62. The van der Waals surface area contributed by atoms with Gasteiger partial charge >= 0.3 is 0 Å². The van der Waals surface area contributed by atoms with Crippen LogP contribution < -0.4 is 5.32 Å². The van der Waals surface area contributed by atoms with Crippen LogP contribution in [-0.2, 0) is 4.74 Å². The van der Waals surface area contributed by atoms with Gasteiger partial charge in [0.2, 0.25) is 0 Å². The van der Waals surface area contributed by atoms with E-state index in [4.69, 9.17) is 4.74 Å². The van der Waals surface area contributed by atoms with Crippen molar-refractivity contribution in [3.63, 3.8) is 0 Å². The minimum Gasteiger partial charge on any atom is -0.374 e. The molecule has 0 radical (unpaired) electrons. The molecule has 0 aromatic heterocycles. The van der Waals surface area contributed by atoms with Crippen LogP contribution in [0.4, 0.5) is 0 Å². The molecule has 0 bridgehead atoms. The van der Waals surface area contributed by atoms with Gasteiger partial charge in [-0.05, 0) is 51.6 Å². The number of nitrogens with one attached hydrogen (secondary N) is 1. The summed E-state index contributed by atoms with van der Waals surface area (Å²) in [6.07, 6.45) is 10.4. The molecule has 0 unspecified atom stereocenters. The normalized spacial score (nSPS) is 30.0. The molecule has 2 nitrogen and oxygen atoms in total. The Hall–Kier alpha value is -0.340. The van der Waals surface area contributed by atoms with Gasteiger partial charge in [0.15, 0.2) is 0 Å². The largest absolute Gasteiger partial charge is 0.374 e. The highest BCUT2D eigenvalue weighted by Crippen LogP contribution is 2.43. The Morgan fingerprint density at radius 1 is 0.938 bits per heavy atom. The molecule has 3 rings (SSSR count). The average molecular weight is 221 g/mol. The van der Waals surface area contributed by atoms with Crippen LogP contribution in [-0.4, -0.2) is 25.3 Å². The van der Waals surface area contributed by atoms with Gasteiger partial charge in [-0.15, -0.1) is 0 Å². The molecule has 90 valence electrons. The molecule has 0 atom stereocenters. The van der Waals surface area contributed by atoms with E-state index in [2.05, 4.69) is 5.32 Å². The summed E-state index contributed by atoms with van der Waals surface area (Å²) >= 11 is 0. The van der Waals surface area contributed by atoms with E-state index in [1.807, 2.05) is 0 Å². The summed E-state index contributed by atoms with van der Waals surface area (Å²) in [5.41, 5.74) is 3.79. The Bertz CT molecular complexity index is 281. The molecule has 2 aliphatic heterocycles. The van der Waals surface area contributed by atoms with Gasteiger partial charge in [-0.25, -0.2) is 0 Å². The molecule has 0 aromatic rings. The van der Waals surface area contributed by atoms with Crippen molar-refractivity contribution in [2.24, 2.45) is 0 Å². The van der Waals surface area contributed by atoms with Gasteiger partial charge in [0, 0.05) is 0 Å². The van der Waals surface area contributed by atoms with E-state index < -0.39 is 0 Å². The van der Waals surface area contributed by atoms with Gasteiger partial charge < -0.3 is 10.1 Å². The first-order valence-electron chi connectivity index (χ1n) is 6.92. The van der Waals surface area contributed by atoms with Crippen molar-refractivity contribution in [1.29, 1.82) is 0 Å². The molecule has 1 saturated carbocycles. The number of hydrogen-bond donors (Lipinski definition) is 1. The van der Waals surface area contributed by atoms with Crippen LogP contribution in [0.3, 0.4) is 0 Å². The second-order valence-corrected chi connectivity index (χ2v) is 5.62. The Morgan fingerprint density at radius 2 is 1.69 bits per heavy atom. The lowest BCUT2D eigenvalue weighted by Crippen LogP contribution is -2.35. The van der Waals surface area contributed by atoms with Crippen LogP contribution in [0, 0.1) is 0 Å². The maximum Gasteiger partial charge on any atom is 0.0719 e. The third kappa shape index (κ3) is 2.05. The molecule has 2 heteroatoms. The van der Waals surface area contributed by atoms with Gasteiger partial charge in [0.25, 0.3) is 0 Å². The zero-order valence-corrected chi connectivity index (χ0v) is 10.2. The van der Waals surface area contributed by atoms with Crippen LogP contribution in [0.2, 0.25) is 0 Å². The van der Waals surface area contributed by atoms with Gasteiger partial charge in [-0.1, -0.05) is 24.0 Å². The maximum absolute atomic E-state index is 6.10. The molecular formula is C14H23NO. The smallest absolute Gasteiger partial charge is 0.0719 e. The summed E-state index contributed by atoms with van der Waals surface area (Å²) in [7, 11) is 0. The number of piperidine rings is 1. The monoisotopic (exact) mass is 221 g/mol. The number of rotatable bonds is 0. The predicted octanol–water partition coefficient (Wildman–Crippen LogP) is 2.79. The molecule has 16 heavy (non-hydrogen) atoms. The fourth-order valence-corrected chi connectivity index (χ4v) is 3.64. The summed E-state index contributed by atoms with van der Waals surface area (Å²) in [5.74, 6) is 0. The first-order valence-corrected chi connectivity index (χ1v) is 6.92. The van der Waals surface area contributed by atoms with Crippen molar-refractivity contribution in [2.75, 3.05) is 19.7 Å². The zero-order valence-electron chi connectivity index (χ0n) is 10.2. The molecule has 3 aliphatic rings. The molecule has 1 N–H and O–H groups in total. The van der Waals surface area contributed by atoms with Crippen LogP contribution in [0.25, 0.3) is 0 Å². The van der Waals surface area contributed by atoms with Crippen molar-refractivity contribution >= 4 is 0 Å². The van der Waals surface area contributed by atoms with Crippen molar-refractivity contribution in [1.82, 2.24) is 5.32 Å². The zero-order chi connectivity index (χ0) is 10.8. The van der Waals surface area contributed by atoms with Crippen molar-refractivity contribution in [3.8, 4) is 0 Å². The topological polar surface area (TPSA) is 21.3 Å². The first kappa shape index (κ1) is 10.8. The summed E-state index contributed by atoms with van der Waals surface area (Å²) in [6.45, 7) is 3.35. The van der Waals surface area contributed by atoms with Crippen molar-refractivity contribution < 1.29 is 4.74 Å². The molecular weight excluding hydrogens is 198 g/mol. The third-order valence-electron chi connectivity index (χ3n) is 4.57. The van der Waals surface area contributed by atoms with E-state index in [1.54, 1.807) is 11.1 Å². The second kappa shape index (κ2) is 4.50. The van der Waals surface area contributed by atoms with Gasteiger partial charge in [0.05, 0.1) is 12.2 Å². The van der Waals surface area contributed by atoms with Gasteiger partial charge in [-0.2, -0.15) is 0 Å². The molecule has 1 aliphatic carbocycles. The number of ether oxygens (including phenoxy) is 1. The minimum absolute atomic E-state index is 0.269. The molecule has 0 amide bonds. The van der Waals surface area contributed by atoms with Crippen LogP contribution >= 0.6 is 0 Å². The highest BCUT2D eigenvalue weighted by atomic mass is 16.5. The average Bonchev–Trinajstić information content (AvgIpc) is 2.78. The number of hydrogen-bond acceptors (Lipinski definition) is 2. The molecule has 2 saturated heterocycles. The Balaban J connectivity index is 1.75. The summed E-state index contributed by atoms with van der Waals surface area (Å²) in [6, 6.07) is 0. The lowest BCUT2D eigenvalue weighted by atomic mass is 9.84. The SMILES string of the molecule is C1CCC2(C1)CC(=C1CCNCC1)CCO2. The predicted molar refractivity (Wildman–Crippen MR) is 65.5 cm³/mol. The van der Waals surface area contributed by atoms with E-state index in [0.717, 1.165) is 6.61 Å². The molecule has 2 heterocycles. The van der Waals surface area contributed by atoms with E-state index >= 15 is 0 Å². The lowest BCUT2D eigenvalue weighted by Gasteiger charge is -2.37. The van der Waals surface area contributed by atoms with E-state index in [9.17, 15) is 0 Å². The van der Waals surface area contributed by atoms with E-state index in [-0.39, 0.29) is 5.60 Å². The summed E-state index contributed by atoms with van der Waals surface area (Å²) < 4.78 is 6.10. The van der Waals surface area contributed by atoms with Crippen LogP contribution in [0.15, 0.2) is 11.1 Å². The van der Waals surface area contributed by atoms with Crippen molar-refractivity contribution in [3.05, 3.63) is 11.1 Å². The van der Waals surface area contributed by atoms with Gasteiger partial charge in [-0.3, -0.25) is 0 Å². The van der Waals surface area contributed by atoms with Crippen LogP contribution in [0.5, 0.6) is 0 Å². The Labute approximate surface area is 98.4 Å². The van der Waals surface area contributed by atoms with E-state index in [1.165, 1.54) is 64.5 Å². The quantitative estimate of drug-likeness (QED) is 0.635. The van der Waals surface area contributed by atoms with Gasteiger partial charge in [0.1, 0.15) is 0 Å². The first-order chi connectivity index (χ1) is 7.88. The van der Waals surface area contributed by atoms with Crippen molar-refractivity contribution in [2.45, 2.75) is 57.0 Å². The molecule has 3 fully saturated rings. The summed E-state index contributed by atoms with van der Waals surface area (Å²) in [5, 5.41) is 3.45. The molecule has 0 aromatic carbocycles. The fraction of sp³-hybridized carbons (Fsp3) is 0.857. The summed E-state index contributed by atoms with van der Waals surface area (Å²) in [4.78, 5) is 0. The fourth-order valence-electron chi connectivity index (χ4n) is 3.64. The molecule has 1 spiro atoms. The minimum atomic E-state index is 0.269. The van der Waals surface area contributed by atoms with E-state index in [0.29, 0.717) is 0 Å². The highest BCUT2D eigenvalue weighted by Gasteiger charge is 2.38. The Kier molecular flexibility index (Phi) is 3.03. The standard InChI is InChI=1S/C14H23NO/c1-2-7-14(6-1)11-13(5-10-16-14)12-3-8-15-9-4-12/h15H,1-11H2. The maximum atomic E-state index is 6.10. The third-order valence-corrected chi connectivity index (χ3v) is 4.57. The lowest BCUT2D eigenvalue weighted by molar-refractivity contribution is -0.0564. The Morgan fingerprint density at radius 3 is 2.44 bits per heavy atom. The highest BCUT2D eigenvalue weighted by molar-refractivity contribution is 5.21. The van der Waals surface area contributed by atoms with Crippen LogP contribution in [0.1, 0.15) is 51.4 Å².